The van der Waals surface area contributed by atoms with Crippen LogP contribution in [0.15, 0.2) is 51.8 Å². The third-order valence-corrected chi connectivity index (χ3v) is 6.62. The summed E-state index contributed by atoms with van der Waals surface area (Å²) in [6.07, 6.45) is 0.956. The summed E-state index contributed by atoms with van der Waals surface area (Å²) in [7, 11) is -3.73. The Kier molecular flexibility index (Phi) is 7.07. The van der Waals surface area contributed by atoms with Gasteiger partial charge in [0.15, 0.2) is 0 Å². The Bertz CT molecular complexity index is 949. The zero-order valence-corrected chi connectivity index (χ0v) is 19.2. The summed E-state index contributed by atoms with van der Waals surface area (Å²) in [5.74, 6) is -0.341. The van der Waals surface area contributed by atoms with E-state index in [-0.39, 0.29) is 22.4 Å². The maximum atomic E-state index is 12.8. The topological polar surface area (TPSA) is 75.3 Å². The molecule has 2 aromatic carbocycles. The first-order valence-electron chi connectivity index (χ1n) is 9.16. The van der Waals surface area contributed by atoms with Gasteiger partial charge in [-0.05, 0) is 79.4 Å². The highest BCUT2D eigenvalue weighted by molar-refractivity contribution is 9.10. The van der Waals surface area contributed by atoms with Gasteiger partial charge >= 0.3 is 0 Å². The van der Waals surface area contributed by atoms with Crippen LogP contribution in [0.5, 0.6) is 0 Å². The van der Waals surface area contributed by atoms with Crippen LogP contribution in [0.25, 0.3) is 0 Å². The maximum Gasteiger partial charge on any atom is 0.252 e. The monoisotopic (exact) mass is 466 g/mol. The Balaban J connectivity index is 2.25. The second-order valence-electron chi connectivity index (χ2n) is 7.79. The van der Waals surface area contributed by atoms with E-state index in [2.05, 4.69) is 32.9 Å². The Morgan fingerprint density at radius 3 is 2.25 bits per heavy atom. The summed E-state index contributed by atoms with van der Waals surface area (Å²) >= 11 is 3.35. The lowest BCUT2D eigenvalue weighted by atomic mass is 10.0. The first kappa shape index (κ1) is 22.6. The molecule has 152 valence electrons. The third-order valence-electron chi connectivity index (χ3n) is 4.17. The Morgan fingerprint density at radius 2 is 1.71 bits per heavy atom. The fraction of sp³-hybridized carbons (Fsp3) is 0.381. The van der Waals surface area contributed by atoms with Crippen molar-refractivity contribution in [3.05, 3.63) is 63.6 Å². The Labute approximate surface area is 176 Å². The minimum absolute atomic E-state index is 0.0516. The first-order valence-corrected chi connectivity index (χ1v) is 11.4. The highest BCUT2D eigenvalue weighted by Crippen LogP contribution is 2.23. The van der Waals surface area contributed by atoms with Crippen LogP contribution in [-0.4, -0.2) is 19.9 Å². The number of rotatable bonds is 6. The molecule has 2 rings (SSSR count). The van der Waals surface area contributed by atoms with Crippen molar-refractivity contribution in [2.75, 3.05) is 0 Å². The lowest BCUT2D eigenvalue weighted by Crippen LogP contribution is -2.40. The van der Waals surface area contributed by atoms with Crippen molar-refractivity contribution in [1.82, 2.24) is 10.0 Å². The summed E-state index contributed by atoms with van der Waals surface area (Å²) in [6.45, 7) is 9.29. The average molecular weight is 467 g/mol. The van der Waals surface area contributed by atoms with Crippen molar-refractivity contribution in [1.29, 1.82) is 0 Å². The fourth-order valence-corrected chi connectivity index (χ4v) is 4.58. The predicted octanol–water partition coefficient (Wildman–Crippen LogP) is 4.58. The molecule has 0 aliphatic carbocycles. The number of carbonyl (C=O) groups is 1. The van der Waals surface area contributed by atoms with Crippen molar-refractivity contribution in [2.45, 2.75) is 57.5 Å². The van der Waals surface area contributed by atoms with Gasteiger partial charge in [-0.15, -0.1) is 0 Å². The van der Waals surface area contributed by atoms with Gasteiger partial charge in [0, 0.05) is 10.0 Å². The van der Waals surface area contributed by atoms with Gasteiger partial charge in [0.1, 0.15) is 0 Å². The molecule has 1 atom stereocenters. The lowest BCUT2D eigenvalue weighted by molar-refractivity contribution is 0.0939. The number of nitrogens with one attached hydrogen (secondary N) is 2. The van der Waals surface area contributed by atoms with Gasteiger partial charge in [-0.2, -0.15) is 0 Å². The number of sulfonamides is 1. The standard InChI is InChI=1S/C21H27BrN2O3S/c1-6-15-7-9-16(10-8-15)14(2)23-20(25)18-13-17(11-12-19(18)22)28(26,27)24-21(3,4)5/h7-14,24H,6H2,1-5H3,(H,23,25). The zero-order valence-electron chi connectivity index (χ0n) is 16.8. The van der Waals surface area contributed by atoms with E-state index in [1.165, 1.54) is 17.7 Å². The van der Waals surface area contributed by atoms with Crippen molar-refractivity contribution in [3.8, 4) is 0 Å². The van der Waals surface area contributed by atoms with Gasteiger partial charge in [-0.3, -0.25) is 4.79 Å². The van der Waals surface area contributed by atoms with Crippen LogP contribution >= 0.6 is 15.9 Å². The highest BCUT2D eigenvalue weighted by Gasteiger charge is 2.24. The molecular weight excluding hydrogens is 440 g/mol. The molecule has 0 fully saturated rings. The minimum Gasteiger partial charge on any atom is -0.345 e. The van der Waals surface area contributed by atoms with Crippen LogP contribution < -0.4 is 10.0 Å². The second kappa shape index (κ2) is 8.76. The lowest BCUT2D eigenvalue weighted by Gasteiger charge is -2.21. The quantitative estimate of drug-likeness (QED) is 0.653. The molecule has 1 unspecified atom stereocenters. The fourth-order valence-electron chi connectivity index (χ4n) is 2.71. The smallest absolute Gasteiger partial charge is 0.252 e. The molecule has 0 radical (unpaired) electrons. The number of hydrogen-bond donors (Lipinski definition) is 2. The van der Waals surface area contributed by atoms with Crippen LogP contribution in [0.1, 0.15) is 62.1 Å². The van der Waals surface area contributed by atoms with Crippen molar-refractivity contribution in [2.24, 2.45) is 0 Å². The summed E-state index contributed by atoms with van der Waals surface area (Å²) in [5, 5.41) is 2.93. The molecule has 2 N–H and O–H groups in total. The number of amides is 1. The zero-order chi connectivity index (χ0) is 21.1. The Hall–Kier alpha value is -1.70. The van der Waals surface area contributed by atoms with E-state index < -0.39 is 15.6 Å². The van der Waals surface area contributed by atoms with E-state index in [0.29, 0.717) is 4.47 Å². The summed E-state index contributed by atoms with van der Waals surface area (Å²) in [4.78, 5) is 12.8. The van der Waals surface area contributed by atoms with E-state index in [1.807, 2.05) is 31.2 Å². The largest absolute Gasteiger partial charge is 0.345 e. The van der Waals surface area contributed by atoms with Gasteiger partial charge in [0.05, 0.1) is 16.5 Å². The van der Waals surface area contributed by atoms with Gasteiger partial charge < -0.3 is 5.32 Å². The van der Waals surface area contributed by atoms with Crippen molar-refractivity contribution >= 4 is 31.9 Å². The molecular formula is C21H27BrN2O3S. The first-order chi connectivity index (χ1) is 12.9. The number of benzene rings is 2. The van der Waals surface area contributed by atoms with Gasteiger partial charge in [-0.1, -0.05) is 31.2 Å². The molecule has 0 aliphatic rings. The van der Waals surface area contributed by atoms with Crippen LogP contribution in [0.3, 0.4) is 0 Å². The van der Waals surface area contributed by atoms with E-state index >= 15 is 0 Å². The van der Waals surface area contributed by atoms with E-state index in [1.54, 1.807) is 26.8 Å². The second-order valence-corrected chi connectivity index (χ2v) is 10.3. The van der Waals surface area contributed by atoms with Crippen molar-refractivity contribution < 1.29 is 13.2 Å². The molecule has 0 aromatic heterocycles. The molecule has 2 aromatic rings. The minimum atomic E-state index is -3.73. The van der Waals surface area contributed by atoms with Crippen LogP contribution in [0.4, 0.5) is 0 Å². The molecule has 5 nitrogen and oxygen atoms in total. The molecule has 28 heavy (non-hydrogen) atoms. The molecule has 0 spiro atoms. The number of halogens is 1. The number of carbonyl (C=O) groups excluding carboxylic acids is 1. The van der Waals surface area contributed by atoms with Crippen molar-refractivity contribution in [3.63, 3.8) is 0 Å². The summed E-state index contributed by atoms with van der Waals surface area (Å²) in [5.41, 5.74) is 1.87. The maximum absolute atomic E-state index is 12.8. The van der Waals surface area contributed by atoms with E-state index in [4.69, 9.17) is 0 Å². The molecule has 7 heteroatoms. The molecule has 0 saturated carbocycles. The average Bonchev–Trinajstić information content (AvgIpc) is 2.59. The number of aryl methyl sites for hydroxylation is 1. The van der Waals surface area contributed by atoms with Gasteiger partial charge in [0.2, 0.25) is 10.0 Å². The normalized spacial score (nSPS) is 13.2. The molecule has 1 amide bonds. The predicted molar refractivity (Wildman–Crippen MR) is 116 cm³/mol. The van der Waals surface area contributed by atoms with Crippen LogP contribution in [0.2, 0.25) is 0 Å². The highest BCUT2D eigenvalue weighted by atomic mass is 79.9. The summed E-state index contributed by atoms with van der Waals surface area (Å²) < 4.78 is 28.3. The Morgan fingerprint density at radius 1 is 1.11 bits per heavy atom. The van der Waals surface area contributed by atoms with Gasteiger partial charge in [-0.25, -0.2) is 13.1 Å². The number of hydrogen-bond acceptors (Lipinski definition) is 3. The molecule has 0 aliphatic heterocycles. The third kappa shape index (κ3) is 5.90. The SMILES string of the molecule is CCc1ccc(C(C)NC(=O)c2cc(S(=O)(=O)NC(C)(C)C)ccc2Br)cc1. The molecule has 0 bridgehead atoms. The molecule has 0 saturated heterocycles. The molecule has 0 heterocycles. The van der Waals surface area contributed by atoms with Crippen LogP contribution in [0, 0.1) is 0 Å². The van der Waals surface area contributed by atoms with E-state index in [9.17, 15) is 13.2 Å². The summed E-state index contributed by atoms with van der Waals surface area (Å²) in [6, 6.07) is 12.3. The van der Waals surface area contributed by atoms with Crippen LogP contribution in [-0.2, 0) is 16.4 Å². The van der Waals surface area contributed by atoms with Gasteiger partial charge in [0.25, 0.3) is 5.91 Å². The van der Waals surface area contributed by atoms with E-state index in [0.717, 1.165) is 12.0 Å².